The number of methoxy groups -OCH3 is 6. The normalized spacial score (nSPS) is 18.3. The molecule has 0 bridgehead atoms. The van der Waals surface area contributed by atoms with Crippen molar-refractivity contribution in [1.82, 2.24) is 0 Å². The molecule has 6 nitrogen and oxygen atoms in total. The van der Waals surface area contributed by atoms with Gasteiger partial charge in [0.25, 0.3) is 0 Å². The van der Waals surface area contributed by atoms with Gasteiger partial charge in [-0.3, -0.25) is 0 Å². The third-order valence-corrected chi connectivity index (χ3v) is 6.81. The van der Waals surface area contributed by atoms with Crippen molar-refractivity contribution < 1.29 is 28.4 Å². The van der Waals surface area contributed by atoms with Gasteiger partial charge in [0, 0.05) is 10.5 Å². The predicted octanol–water partition coefficient (Wildman–Crippen LogP) is 5.05. The maximum atomic E-state index is 5.52. The highest BCUT2D eigenvalue weighted by Gasteiger charge is 2.31. The van der Waals surface area contributed by atoms with Crippen LogP contribution in [0.1, 0.15) is 34.5 Å². The van der Waals surface area contributed by atoms with Crippen molar-refractivity contribution in [3.63, 3.8) is 0 Å². The van der Waals surface area contributed by atoms with Crippen molar-refractivity contribution in [2.75, 3.05) is 42.7 Å². The van der Waals surface area contributed by atoms with E-state index >= 15 is 0 Å². The molecule has 1 aliphatic rings. The average Bonchev–Trinajstić information content (AvgIpc) is 3.27. The molecule has 7 heteroatoms. The zero-order chi connectivity index (χ0) is 21.0. The molecule has 1 aliphatic heterocycles. The summed E-state index contributed by atoms with van der Waals surface area (Å²) < 4.78 is 32.9. The Balaban J connectivity index is 1.89. The molecule has 158 valence electrons. The van der Waals surface area contributed by atoms with Crippen LogP contribution >= 0.6 is 11.8 Å². The first-order valence-corrected chi connectivity index (χ1v) is 10.3. The fraction of sp³-hybridized carbons (Fsp3) is 0.455. The van der Waals surface area contributed by atoms with Gasteiger partial charge in [0.1, 0.15) is 0 Å². The fourth-order valence-corrected chi connectivity index (χ4v) is 5.23. The van der Waals surface area contributed by atoms with Gasteiger partial charge in [-0.15, -0.1) is 11.8 Å². The highest BCUT2D eigenvalue weighted by Crippen LogP contribution is 2.56. The van der Waals surface area contributed by atoms with Crippen LogP contribution in [0.2, 0.25) is 0 Å². The Morgan fingerprint density at radius 3 is 1.10 bits per heavy atom. The lowest BCUT2D eigenvalue weighted by Gasteiger charge is -2.19. The highest BCUT2D eigenvalue weighted by atomic mass is 32.2. The molecule has 0 spiro atoms. The van der Waals surface area contributed by atoms with Crippen molar-refractivity contribution in [3.05, 3.63) is 35.4 Å². The van der Waals surface area contributed by atoms with Gasteiger partial charge in [-0.25, -0.2) is 0 Å². The standard InChI is InChI=1S/C22H28O6S/c1-23-15-9-13(10-16(24-2)21(15)27-5)19-7-8-20(29-19)14-11-17(25-3)22(28-6)18(12-14)26-4/h9-12,19-20H,7-8H2,1-6H3/t19-,20-/m0/s1. The summed E-state index contributed by atoms with van der Waals surface area (Å²) in [6, 6.07) is 8.15. The fourth-order valence-electron chi connectivity index (χ4n) is 3.70. The van der Waals surface area contributed by atoms with Crippen molar-refractivity contribution in [1.29, 1.82) is 0 Å². The van der Waals surface area contributed by atoms with Crippen LogP contribution in [0.15, 0.2) is 24.3 Å². The highest BCUT2D eigenvalue weighted by molar-refractivity contribution is 8.00. The monoisotopic (exact) mass is 420 g/mol. The summed E-state index contributed by atoms with van der Waals surface area (Å²) in [5.41, 5.74) is 2.33. The summed E-state index contributed by atoms with van der Waals surface area (Å²) >= 11 is 1.92. The molecule has 0 N–H and O–H groups in total. The molecule has 0 amide bonds. The second kappa shape index (κ2) is 9.39. The number of hydrogen-bond acceptors (Lipinski definition) is 7. The van der Waals surface area contributed by atoms with E-state index in [4.69, 9.17) is 28.4 Å². The van der Waals surface area contributed by atoms with E-state index in [2.05, 4.69) is 0 Å². The number of rotatable bonds is 8. The molecule has 0 aliphatic carbocycles. The molecular formula is C22H28O6S. The van der Waals surface area contributed by atoms with Gasteiger partial charge >= 0.3 is 0 Å². The second-order valence-electron chi connectivity index (χ2n) is 6.61. The Kier molecular flexibility index (Phi) is 6.90. The molecule has 0 radical (unpaired) electrons. The summed E-state index contributed by atoms with van der Waals surface area (Å²) in [4.78, 5) is 0. The summed E-state index contributed by atoms with van der Waals surface area (Å²) in [5, 5.41) is 0.653. The summed E-state index contributed by atoms with van der Waals surface area (Å²) in [6.45, 7) is 0. The summed E-state index contributed by atoms with van der Waals surface area (Å²) in [6.07, 6.45) is 2.09. The maximum Gasteiger partial charge on any atom is 0.203 e. The van der Waals surface area contributed by atoms with E-state index in [-0.39, 0.29) is 0 Å². The van der Waals surface area contributed by atoms with Crippen LogP contribution in [0.4, 0.5) is 0 Å². The molecule has 0 aromatic heterocycles. The second-order valence-corrected chi connectivity index (χ2v) is 8.02. The van der Waals surface area contributed by atoms with Gasteiger partial charge < -0.3 is 28.4 Å². The van der Waals surface area contributed by atoms with Gasteiger partial charge in [-0.1, -0.05) is 0 Å². The van der Waals surface area contributed by atoms with E-state index < -0.39 is 0 Å². The van der Waals surface area contributed by atoms with Crippen molar-refractivity contribution >= 4 is 11.8 Å². The van der Waals surface area contributed by atoms with Gasteiger partial charge in [0.2, 0.25) is 11.5 Å². The lowest BCUT2D eigenvalue weighted by atomic mass is 10.0. The molecule has 2 aromatic rings. The maximum absolute atomic E-state index is 5.52. The van der Waals surface area contributed by atoms with Crippen LogP contribution in [0.5, 0.6) is 34.5 Å². The first kappa shape index (κ1) is 21.3. The molecule has 1 fully saturated rings. The van der Waals surface area contributed by atoms with Crippen LogP contribution < -0.4 is 28.4 Å². The van der Waals surface area contributed by atoms with E-state index in [0.29, 0.717) is 45.0 Å². The van der Waals surface area contributed by atoms with Crippen LogP contribution in [-0.2, 0) is 0 Å². The minimum absolute atomic E-state index is 0.327. The minimum atomic E-state index is 0.327. The number of ether oxygens (including phenoxy) is 6. The van der Waals surface area contributed by atoms with Gasteiger partial charge in [-0.2, -0.15) is 0 Å². The quantitative estimate of drug-likeness (QED) is 0.592. The Morgan fingerprint density at radius 2 is 0.862 bits per heavy atom. The Labute approximate surface area is 176 Å². The topological polar surface area (TPSA) is 55.4 Å². The van der Waals surface area contributed by atoms with E-state index in [0.717, 1.165) is 12.8 Å². The van der Waals surface area contributed by atoms with Crippen molar-refractivity contribution in [3.8, 4) is 34.5 Å². The molecule has 0 unspecified atom stereocenters. The largest absolute Gasteiger partial charge is 0.493 e. The summed E-state index contributed by atoms with van der Waals surface area (Å²) in [7, 11) is 9.79. The van der Waals surface area contributed by atoms with Gasteiger partial charge in [0.05, 0.1) is 42.7 Å². The SMILES string of the molecule is COc1cc([C@@H]2CC[C@@H](c3cc(OC)c(OC)c(OC)c3)S2)cc(OC)c1OC. The van der Waals surface area contributed by atoms with Crippen LogP contribution in [0, 0.1) is 0 Å². The molecule has 3 rings (SSSR count). The van der Waals surface area contributed by atoms with Crippen LogP contribution in [0.3, 0.4) is 0 Å². The van der Waals surface area contributed by atoms with Crippen LogP contribution in [-0.4, -0.2) is 42.7 Å². The predicted molar refractivity (Wildman–Crippen MR) is 115 cm³/mol. The summed E-state index contributed by atoms with van der Waals surface area (Å²) in [5.74, 6) is 3.94. The van der Waals surface area contributed by atoms with Gasteiger partial charge in [-0.05, 0) is 48.2 Å². The molecule has 29 heavy (non-hydrogen) atoms. The molecule has 2 atom stereocenters. The number of thioether (sulfide) groups is 1. The first-order chi connectivity index (χ1) is 14.1. The minimum Gasteiger partial charge on any atom is -0.493 e. The lowest BCUT2D eigenvalue weighted by molar-refractivity contribution is 0.323. The third-order valence-electron chi connectivity index (χ3n) is 5.14. The smallest absolute Gasteiger partial charge is 0.203 e. The average molecular weight is 421 g/mol. The zero-order valence-electron chi connectivity index (χ0n) is 17.7. The Hall–Kier alpha value is -2.41. The lowest BCUT2D eigenvalue weighted by Crippen LogP contribution is -1.99. The van der Waals surface area contributed by atoms with E-state index in [9.17, 15) is 0 Å². The van der Waals surface area contributed by atoms with E-state index in [1.165, 1.54) is 11.1 Å². The molecular weight excluding hydrogens is 392 g/mol. The Bertz CT molecular complexity index is 734. The Morgan fingerprint density at radius 1 is 0.552 bits per heavy atom. The number of benzene rings is 2. The number of hydrogen-bond donors (Lipinski definition) is 0. The van der Waals surface area contributed by atoms with Crippen LogP contribution in [0.25, 0.3) is 0 Å². The molecule has 0 saturated carbocycles. The van der Waals surface area contributed by atoms with Crippen molar-refractivity contribution in [2.45, 2.75) is 23.3 Å². The molecule has 1 heterocycles. The van der Waals surface area contributed by atoms with Gasteiger partial charge in [0.15, 0.2) is 23.0 Å². The third kappa shape index (κ3) is 4.15. The molecule has 2 aromatic carbocycles. The van der Waals surface area contributed by atoms with E-state index in [1.807, 2.05) is 36.0 Å². The zero-order valence-corrected chi connectivity index (χ0v) is 18.6. The van der Waals surface area contributed by atoms with E-state index in [1.54, 1.807) is 42.7 Å². The first-order valence-electron chi connectivity index (χ1n) is 9.35. The molecule has 1 saturated heterocycles. The van der Waals surface area contributed by atoms with Crippen molar-refractivity contribution in [2.24, 2.45) is 0 Å².